The number of rotatable bonds is 5. The average molecular weight is 343 g/mol. The molecule has 5 heteroatoms. The molecule has 4 rings (SSSR count). The quantitative estimate of drug-likeness (QED) is 0.864. The molecule has 2 atom stereocenters. The van der Waals surface area contributed by atoms with Gasteiger partial charge in [0.2, 0.25) is 0 Å². The largest absolute Gasteiger partial charge is 0.508 e. The third-order valence-electron chi connectivity index (χ3n) is 5.92. The molecule has 3 aliphatic rings. The maximum atomic E-state index is 12.9. The Balaban J connectivity index is 1.36. The van der Waals surface area contributed by atoms with E-state index in [1.807, 2.05) is 17.0 Å². The first-order valence-corrected chi connectivity index (χ1v) is 9.75. The molecule has 1 aliphatic carbocycles. The zero-order valence-corrected chi connectivity index (χ0v) is 14.9. The van der Waals surface area contributed by atoms with E-state index in [2.05, 4.69) is 10.2 Å². The number of piperidine rings is 1. The standard InChI is InChI=1S/C20H29N3O2/c24-19-7-5-16(6-8-19)14-23(13-15-3-4-15)20(25)21-17-9-11-22-10-1-2-18(22)12-17/h5-8,15,17-18,24H,1-4,9-14H2,(H,21,25). The molecular weight excluding hydrogens is 314 g/mol. The maximum Gasteiger partial charge on any atom is 0.317 e. The van der Waals surface area contributed by atoms with E-state index < -0.39 is 0 Å². The number of phenolic OH excluding ortho intramolecular Hbond substituents is 1. The minimum absolute atomic E-state index is 0.0800. The summed E-state index contributed by atoms with van der Waals surface area (Å²) in [5.41, 5.74) is 1.07. The molecule has 136 valence electrons. The van der Waals surface area contributed by atoms with E-state index in [9.17, 15) is 9.90 Å². The van der Waals surface area contributed by atoms with Gasteiger partial charge >= 0.3 is 6.03 Å². The molecule has 0 radical (unpaired) electrons. The van der Waals surface area contributed by atoms with Crippen molar-refractivity contribution in [2.75, 3.05) is 19.6 Å². The predicted molar refractivity (Wildman–Crippen MR) is 97.4 cm³/mol. The van der Waals surface area contributed by atoms with E-state index in [0.717, 1.165) is 31.5 Å². The van der Waals surface area contributed by atoms with E-state index in [-0.39, 0.29) is 11.8 Å². The molecule has 1 aromatic rings. The van der Waals surface area contributed by atoms with Crippen molar-refractivity contribution in [2.24, 2.45) is 5.92 Å². The number of phenols is 1. The predicted octanol–water partition coefficient (Wildman–Crippen LogP) is 2.94. The number of carbonyl (C=O) groups is 1. The van der Waals surface area contributed by atoms with Gasteiger partial charge in [0, 0.05) is 31.7 Å². The Labute approximate surface area is 150 Å². The molecule has 0 bridgehead atoms. The summed E-state index contributed by atoms with van der Waals surface area (Å²) in [6.45, 7) is 3.82. The number of hydrogen-bond donors (Lipinski definition) is 2. The Hall–Kier alpha value is -1.75. The van der Waals surface area contributed by atoms with Gasteiger partial charge in [0.05, 0.1) is 0 Å². The highest BCUT2D eigenvalue weighted by Crippen LogP contribution is 2.31. The normalized spacial score (nSPS) is 26.2. The number of urea groups is 1. The zero-order valence-electron chi connectivity index (χ0n) is 14.9. The van der Waals surface area contributed by atoms with Gasteiger partial charge in [-0.15, -0.1) is 0 Å². The summed E-state index contributed by atoms with van der Waals surface area (Å²) in [5, 5.41) is 12.8. The van der Waals surface area contributed by atoms with E-state index in [0.29, 0.717) is 24.5 Å². The summed E-state index contributed by atoms with van der Waals surface area (Å²) in [6.07, 6.45) is 7.23. The van der Waals surface area contributed by atoms with Crippen LogP contribution in [-0.4, -0.2) is 52.7 Å². The number of nitrogens with one attached hydrogen (secondary N) is 1. The molecule has 1 aromatic carbocycles. The van der Waals surface area contributed by atoms with Gasteiger partial charge < -0.3 is 20.2 Å². The lowest BCUT2D eigenvalue weighted by Gasteiger charge is -2.36. The van der Waals surface area contributed by atoms with Crippen LogP contribution in [0.25, 0.3) is 0 Å². The van der Waals surface area contributed by atoms with Crippen molar-refractivity contribution < 1.29 is 9.90 Å². The molecule has 1 saturated carbocycles. The fourth-order valence-corrected chi connectivity index (χ4v) is 4.27. The van der Waals surface area contributed by atoms with Crippen molar-refractivity contribution in [1.29, 1.82) is 0 Å². The number of fused-ring (bicyclic) bond motifs is 1. The molecule has 2 saturated heterocycles. The SMILES string of the molecule is O=C(NC1CCN2CCCC2C1)N(Cc1ccc(O)cc1)CC1CC1. The van der Waals surface area contributed by atoms with Crippen LogP contribution < -0.4 is 5.32 Å². The summed E-state index contributed by atoms with van der Waals surface area (Å²) in [5.74, 6) is 0.935. The highest BCUT2D eigenvalue weighted by Gasteiger charge is 2.33. The fourth-order valence-electron chi connectivity index (χ4n) is 4.27. The third kappa shape index (κ3) is 4.27. The molecule has 2 heterocycles. The van der Waals surface area contributed by atoms with E-state index in [1.165, 1.54) is 32.2 Å². The smallest absolute Gasteiger partial charge is 0.317 e. The van der Waals surface area contributed by atoms with Crippen LogP contribution in [0.3, 0.4) is 0 Å². The number of hydrogen-bond acceptors (Lipinski definition) is 3. The first kappa shape index (κ1) is 16.7. The van der Waals surface area contributed by atoms with Crippen LogP contribution in [0.1, 0.15) is 44.1 Å². The average Bonchev–Trinajstić information content (AvgIpc) is 3.30. The molecule has 5 nitrogen and oxygen atoms in total. The maximum absolute atomic E-state index is 12.9. The highest BCUT2D eigenvalue weighted by molar-refractivity contribution is 5.74. The summed E-state index contributed by atoms with van der Waals surface area (Å²) >= 11 is 0. The fraction of sp³-hybridized carbons (Fsp3) is 0.650. The molecule has 2 unspecified atom stereocenters. The van der Waals surface area contributed by atoms with Gasteiger partial charge in [-0.3, -0.25) is 0 Å². The molecule has 0 aromatic heterocycles. The number of nitrogens with zero attached hydrogens (tertiary/aromatic N) is 2. The number of amides is 2. The Morgan fingerprint density at radius 3 is 2.72 bits per heavy atom. The van der Waals surface area contributed by atoms with Crippen LogP contribution in [0.2, 0.25) is 0 Å². The van der Waals surface area contributed by atoms with E-state index in [1.54, 1.807) is 12.1 Å². The summed E-state index contributed by atoms with van der Waals surface area (Å²) < 4.78 is 0. The highest BCUT2D eigenvalue weighted by atomic mass is 16.3. The monoisotopic (exact) mass is 343 g/mol. The molecule has 2 amide bonds. The number of aromatic hydroxyl groups is 1. The summed E-state index contributed by atoms with van der Waals surface area (Å²) in [4.78, 5) is 17.4. The van der Waals surface area contributed by atoms with Crippen molar-refractivity contribution in [2.45, 2.75) is 57.2 Å². The number of carbonyl (C=O) groups excluding carboxylic acids is 1. The summed E-state index contributed by atoms with van der Waals surface area (Å²) in [7, 11) is 0. The molecule has 0 spiro atoms. The second-order valence-corrected chi connectivity index (χ2v) is 7.99. The Morgan fingerprint density at radius 1 is 1.16 bits per heavy atom. The van der Waals surface area contributed by atoms with Gasteiger partial charge in [0.1, 0.15) is 5.75 Å². The zero-order chi connectivity index (χ0) is 17.2. The first-order valence-electron chi connectivity index (χ1n) is 9.75. The lowest BCUT2D eigenvalue weighted by molar-refractivity contribution is 0.152. The van der Waals surface area contributed by atoms with Crippen LogP contribution in [0, 0.1) is 5.92 Å². The van der Waals surface area contributed by atoms with Crippen LogP contribution in [0.5, 0.6) is 5.75 Å². The lowest BCUT2D eigenvalue weighted by Crippen LogP contribution is -2.51. The van der Waals surface area contributed by atoms with Gasteiger partial charge in [-0.1, -0.05) is 12.1 Å². The van der Waals surface area contributed by atoms with Gasteiger partial charge in [0.25, 0.3) is 0 Å². The lowest BCUT2D eigenvalue weighted by atomic mass is 9.98. The second kappa shape index (κ2) is 7.24. The Kier molecular flexibility index (Phi) is 4.84. The van der Waals surface area contributed by atoms with Crippen LogP contribution in [0.15, 0.2) is 24.3 Å². The minimum atomic E-state index is 0.0800. The van der Waals surface area contributed by atoms with Gasteiger partial charge in [-0.25, -0.2) is 4.79 Å². The van der Waals surface area contributed by atoms with Gasteiger partial charge in [-0.05, 0) is 68.7 Å². The number of benzene rings is 1. The van der Waals surface area contributed by atoms with Crippen molar-refractivity contribution in [3.05, 3.63) is 29.8 Å². The Bertz CT molecular complexity index is 599. The van der Waals surface area contributed by atoms with Crippen molar-refractivity contribution in [3.8, 4) is 5.75 Å². The van der Waals surface area contributed by atoms with Crippen molar-refractivity contribution >= 4 is 6.03 Å². The van der Waals surface area contributed by atoms with Crippen LogP contribution in [-0.2, 0) is 6.54 Å². The van der Waals surface area contributed by atoms with Gasteiger partial charge in [0.15, 0.2) is 0 Å². The molecule has 2 aliphatic heterocycles. The molecule has 3 fully saturated rings. The Morgan fingerprint density at radius 2 is 1.96 bits per heavy atom. The van der Waals surface area contributed by atoms with E-state index >= 15 is 0 Å². The first-order chi connectivity index (χ1) is 12.2. The topological polar surface area (TPSA) is 55.8 Å². The van der Waals surface area contributed by atoms with Crippen LogP contribution in [0.4, 0.5) is 4.79 Å². The van der Waals surface area contributed by atoms with Crippen molar-refractivity contribution in [3.63, 3.8) is 0 Å². The van der Waals surface area contributed by atoms with E-state index in [4.69, 9.17) is 0 Å². The minimum Gasteiger partial charge on any atom is -0.508 e. The van der Waals surface area contributed by atoms with Gasteiger partial charge in [-0.2, -0.15) is 0 Å². The summed E-state index contributed by atoms with van der Waals surface area (Å²) in [6, 6.07) is 8.26. The third-order valence-corrected chi connectivity index (χ3v) is 5.92. The van der Waals surface area contributed by atoms with Crippen LogP contribution >= 0.6 is 0 Å². The molecule has 25 heavy (non-hydrogen) atoms. The molecule has 2 N–H and O–H groups in total. The van der Waals surface area contributed by atoms with Crippen molar-refractivity contribution in [1.82, 2.24) is 15.1 Å². The second-order valence-electron chi connectivity index (χ2n) is 7.99. The molecular formula is C20H29N3O2.